The van der Waals surface area contributed by atoms with Crippen molar-refractivity contribution in [3.8, 4) is 0 Å². The van der Waals surface area contributed by atoms with Crippen LogP contribution >= 0.6 is 11.8 Å². The van der Waals surface area contributed by atoms with Gasteiger partial charge in [-0.2, -0.15) is 0 Å². The molecule has 0 radical (unpaired) electrons. The van der Waals surface area contributed by atoms with Gasteiger partial charge >= 0.3 is 5.97 Å². The SMILES string of the molecule is CC.CC(C)Cc1nnc(SCCCCCCC(=O)O)n1Cc1ccccc1. The maximum Gasteiger partial charge on any atom is 0.303 e. The quantitative estimate of drug-likeness (QED) is 0.363. The van der Waals surface area contributed by atoms with Gasteiger partial charge in [-0.3, -0.25) is 4.79 Å². The molecule has 0 aliphatic carbocycles. The highest BCUT2D eigenvalue weighted by atomic mass is 32.2. The second kappa shape index (κ2) is 14.2. The second-order valence-corrected chi connectivity index (χ2v) is 8.04. The van der Waals surface area contributed by atoms with Crippen molar-refractivity contribution in [2.24, 2.45) is 5.92 Å². The lowest BCUT2D eigenvalue weighted by Crippen LogP contribution is -2.09. The van der Waals surface area contributed by atoms with Crippen molar-refractivity contribution >= 4 is 17.7 Å². The van der Waals surface area contributed by atoms with Gasteiger partial charge in [-0.1, -0.05) is 82.6 Å². The van der Waals surface area contributed by atoms with Crippen molar-refractivity contribution in [3.63, 3.8) is 0 Å². The van der Waals surface area contributed by atoms with Gasteiger partial charge in [0, 0.05) is 18.6 Å². The average Bonchev–Trinajstić information content (AvgIpc) is 3.04. The zero-order chi connectivity index (χ0) is 20.8. The summed E-state index contributed by atoms with van der Waals surface area (Å²) in [6.45, 7) is 9.20. The monoisotopic (exact) mass is 405 g/mol. The first kappa shape index (κ1) is 24.2. The van der Waals surface area contributed by atoms with E-state index in [1.165, 1.54) is 5.56 Å². The molecule has 0 aliphatic rings. The summed E-state index contributed by atoms with van der Waals surface area (Å²) in [6, 6.07) is 10.4. The van der Waals surface area contributed by atoms with Crippen molar-refractivity contribution in [3.05, 3.63) is 41.7 Å². The van der Waals surface area contributed by atoms with Crippen LogP contribution in [0.4, 0.5) is 0 Å². The second-order valence-electron chi connectivity index (χ2n) is 6.97. The third-order valence-corrected chi connectivity index (χ3v) is 5.14. The minimum Gasteiger partial charge on any atom is -0.481 e. The first-order chi connectivity index (χ1) is 13.6. The molecular formula is C22H35N3O2S. The van der Waals surface area contributed by atoms with Crippen molar-refractivity contribution in [2.45, 2.75) is 77.9 Å². The van der Waals surface area contributed by atoms with Gasteiger partial charge in [0.2, 0.25) is 0 Å². The lowest BCUT2D eigenvalue weighted by atomic mass is 10.1. The summed E-state index contributed by atoms with van der Waals surface area (Å²) in [7, 11) is 0. The lowest BCUT2D eigenvalue weighted by Gasteiger charge is -2.11. The van der Waals surface area contributed by atoms with Crippen LogP contribution in [0.2, 0.25) is 0 Å². The molecule has 2 aromatic rings. The fourth-order valence-electron chi connectivity index (χ4n) is 2.76. The van der Waals surface area contributed by atoms with E-state index in [4.69, 9.17) is 5.11 Å². The Kier molecular flexibility index (Phi) is 12.3. The molecule has 0 amide bonds. The molecule has 156 valence electrons. The van der Waals surface area contributed by atoms with Crippen LogP contribution < -0.4 is 0 Å². The Morgan fingerprint density at radius 2 is 1.75 bits per heavy atom. The Balaban J connectivity index is 0.00000190. The van der Waals surface area contributed by atoms with Crippen LogP contribution in [-0.2, 0) is 17.8 Å². The smallest absolute Gasteiger partial charge is 0.303 e. The third kappa shape index (κ3) is 9.40. The van der Waals surface area contributed by atoms with Crippen molar-refractivity contribution in [2.75, 3.05) is 5.75 Å². The van der Waals surface area contributed by atoms with Crippen LogP contribution in [0.25, 0.3) is 0 Å². The first-order valence-corrected chi connectivity index (χ1v) is 11.4. The average molecular weight is 406 g/mol. The minimum absolute atomic E-state index is 0.275. The van der Waals surface area contributed by atoms with Gasteiger partial charge in [0.1, 0.15) is 5.82 Å². The van der Waals surface area contributed by atoms with Crippen molar-refractivity contribution in [1.82, 2.24) is 14.8 Å². The van der Waals surface area contributed by atoms with Gasteiger partial charge in [-0.25, -0.2) is 0 Å². The molecule has 1 N–H and O–H groups in total. The van der Waals surface area contributed by atoms with Crippen LogP contribution in [0.1, 0.15) is 71.2 Å². The number of hydrogen-bond donors (Lipinski definition) is 1. The van der Waals surface area contributed by atoms with E-state index in [1.807, 2.05) is 19.9 Å². The number of carboxylic acid groups (broad SMARTS) is 1. The van der Waals surface area contributed by atoms with Crippen LogP contribution in [0.15, 0.2) is 35.5 Å². The fourth-order valence-corrected chi connectivity index (χ4v) is 3.72. The van der Waals surface area contributed by atoms with Gasteiger partial charge in [0.25, 0.3) is 0 Å². The van der Waals surface area contributed by atoms with E-state index in [0.717, 1.165) is 55.4 Å². The van der Waals surface area contributed by atoms with E-state index in [2.05, 4.69) is 52.9 Å². The summed E-state index contributed by atoms with van der Waals surface area (Å²) in [6.07, 6.45) is 5.07. The summed E-state index contributed by atoms with van der Waals surface area (Å²) >= 11 is 1.75. The molecule has 2 rings (SSSR count). The number of benzene rings is 1. The van der Waals surface area contributed by atoms with E-state index in [1.54, 1.807) is 11.8 Å². The van der Waals surface area contributed by atoms with Crippen LogP contribution in [0.3, 0.4) is 0 Å². The summed E-state index contributed by atoms with van der Waals surface area (Å²) in [5, 5.41) is 18.5. The van der Waals surface area contributed by atoms with Crippen LogP contribution in [0.5, 0.6) is 0 Å². The zero-order valence-corrected chi connectivity index (χ0v) is 18.5. The van der Waals surface area contributed by atoms with Crippen molar-refractivity contribution in [1.29, 1.82) is 0 Å². The molecule has 1 aromatic heterocycles. The minimum atomic E-state index is -0.703. The number of unbranched alkanes of at least 4 members (excludes halogenated alkanes) is 3. The largest absolute Gasteiger partial charge is 0.481 e. The highest BCUT2D eigenvalue weighted by Crippen LogP contribution is 2.22. The van der Waals surface area contributed by atoms with Gasteiger partial charge in [-0.15, -0.1) is 10.2 Å². The third-order valence-electron chi connectivity index (χ3n) is 4.08. The number of hydrogen-bond acceptors (Lipinski definition) is 4. The van der Waals surface area contributed by atoms with Gasteiger partial charge < -0.3 is 9.67 Å². The number of aliphatic carboxylic acids is 1. The maximum atomic E-state index is 10.5. The summed E-state index contributed by atoms with van der Waals surface area (Å²) in [4.78, 5) is 10.5. The Morgan fingerprint density at radius 3 is 2.39 bits per heavy atom. The molecule has 1 heterocycles. The molecule has 1 aromatic carbocycles. The van der Waals surface area contributed by atoms with E-state index < -0.39 is 5.97 Å². The van der Waals surface area contributed by atoms with Gasteiger partial charge in [-0.05, 0) is 24.3 Å². The van der Waals surface area contributed by atoms with Crippen molar-refractivity contribution < 1.29 is 9.90 Å². The molecule has 0 unspecified atom stereocenters. The lowest BCUT2D eigenvalue weighted by molar-refractivity contribution is -0.137. The molecular weight excluding hydrogens is 370 g/mol. The number of carbonyl (C=O) groups is 1. The highest BCUT2D eigenvalue weighted by Gasteiger charge is 2.14. The zero-order valence-electron chi connectivity index (χ0n) is 17.7. The van der Waals surface area contributed by atoms with E-state index in [9.17, 15) is 4.79 Å². The molecule has 0 bridgehead atoms. The Hall–Kier alpha value is -1.82. The van der Waals surface area contributed by atoms with Gasteiger partial charge in [0.05, 0.1) is 6.54 Å². The normalized spacial score (nSPS) is 10.6. The molecule has 0 fully saturated rings. The predicted octanol–water partition coefficient (Wildman–Crippen LogP) is 5.68. The highest BCUT2D eigenvalue weighted by molar-refractivity contribution is 7.99. The number of aromatic nitrogens is 3. The molecule has 28 heavy (non-hydrogen) atoms. The summed E-state index contributed by atoms with van der Waals surface area (Å²) in [5.74, 6) is 1.88. The van der Waals surface area contributed by atoms with E-state index in [-0.39, 0.29) is 6.42 Å². The Bertz CT molecular complexity index is 672. The molecule has 0 aliphatic heterocycles. The Labute approximate surface area is 174 Å². The molecule has 6 heteroatoms. The number of nitrogens with zero attached hydrogens (tertiary/aromatic N) is 3. The molecule has 0 saturated heterocycles. The number of rotatable bonds is 12. The maximum absolute atomic E-state index is 10.5. The Morgan fingerprint density at radius 1 is 1.07 bits per heavy atom. The number of thioether (sulfide) groups is 1. The van der Waals surface area contributed by atoms with Crippen LogP contribution in [-0.4, -0.2) is 31.6 Å². The standard InChI is InChI=1S/C20H29N3O2S.C2H6/c1-16(2)14-18-21-22-20(23(18)15-17-10-6-5-7-11-17)26-13-9-4-3-8-12-19(24)25;1-2/h5-7,10-11,16H,3-4,8-9,12-15H2,1-2H3,(H,24,25);1-2H3. The molecule has 0 spiro atoms. The summed E-state index contributed by atoms with van der Waals surface area (Å²) < 4.78 is 2.24. The predicted molar refractivity (Wildman–Crippen MR) is 117 cm³/mol. The van der Waals surface area contributed by atoms with Crippen LogP contribution in [0, 0.1) is 5.92 Å². The first-order valence-electron chi connectivity index (χ1n) is 10.4. The summed E-state index contributed by atoms with van der Waals surface area (Å²) in [5.41, 5.74) is 1.26. The van der Waals surface area contributed by atoms with Gasteiger partial charge in [0.15, 0.2) is 5.16 Å². The number of carboxylic acids is 1. The topological polar surface area (TPSA) is 68.0 Å². The molecule has 0 saturated carbocycles. The molecule has 0 atom stereocenters. The van der Waals surface area contributed by atoms with E-state index in [0.29, 0.717) is 5.92 Å². The fraction of sp³-hybridized carbons (Fsp3) is 0.591. The van der Waals surface area contributed by atoms with E-state index >= 15 is 0 Å². The molecule has 5 nitrogen and oxygen atoms in total.